The zero-order valence-corrected chi connectivity index (χ0v) is 15.1. The number of hydrogen-bond acceptors (Lipinski definition) is 4. The number of hydrogen-bond donors (Lipinski definition) is 0. The summed E-state index contributed by atoms with van der Waals surface area (Å²) in [5.74, 6) is -0.0278. The Balaban J connectivity index is 1.94. The number of carbonyl (C=O) groups excluding carboxylic acids is 1. The quantitative estimate of drug-likeness (QED) is 0.756. The van der Waals surface area contributed by atoms with Crippen LogP contribution >= 0.6 is 11.8 Å². The van der Waals surface area contributed by atoms with E-state index >= 15 is 0 Å². The smallest absolute Gasteiger partial charge is 0.266 e. The second-order valence-electron chi connectivity index (χ2n) is 5.65. The van der Waals surface area contributed by atoms with Gasteiger partial charge in [-0.3, -0.25) is 9.69 Å². The summed E-state index contributed by atoms with van der Waals surface area (Å²) in [5, 5.41) is 0.688. The second kappa shape index (κ2) is 8.14. The molecule has 25 heavy (non-hydrogen) atoms. The van der Waals surface area contributed by atoms with E-state index in [1.165, 1.54) is 11.8 Å². The van der Waals surface area contributed by atoms with Crippen molar-refractivity contribution >= 4 is 34.6 Å². The molecular formula is C20H20N2O2S. The van der Waals surface area contributed by atoms with Gasteiger partial charge in [0, 0.05) is 7.11 Å². The van der Waals surface area contributed by atoms with Crippen molar-refractivity contribution in [2.24, 2.45) is 4.99 Å². The molecule has 1 amide bonds. The van der Waals surface area contributed by atoms with Gasteiger partial charge in [-0.1, -0.05) is 42.5 Å². The fraction of sp³-hybridized carbons (Fsp3) is 0.200. The number of benzene rings is 2. The van der Waals surface area contributed by atoms with Crippen LogP contribution < -0.4 is 0 Å². The van der Waals surface area contributed by atoms with Gasteiger partial charge in [-0.15, -0.1) is 0 Å². The number of amides is 1. The number of para-hydroxylation sites is 1. The number of rotatable bonds is 5. The van der Waals surface area contributed by atoms with Crippen LogP contribution in [0, 0.1) is 6.92 Å². The van der Waals surface area contributed by atoms with E-state index in [1.807, 2.05) is 67.6 Å². The molecule has 0 aliphatic carbocycles. The predicted molar refractivity (Wildman–Crippen MR) is 104 cm³/mol. The van der Waals surface area contributed by atoms with Crippen molar-refractivity contribution in [3.05, 3.63) is 70.6 Å². The first-order valence-electron chi connectivity index (χ1n) is 8.09. The van der Waals surface area contributed by atoms with Crippen LogP contribution in [0.25, 0.3) is 6.08 Å². The van der Waals surface area contributed by atoms with Crippen molar-refractivity contribution in [3.8, 4) is 0 Å². The zero-order valence-electron chi connectivity index (χ0n) is 14.3. The van der Waals surface area contributed by atoms with E-state index in [4.69, 9.17) is 4.74 Å². The highest BCUT2D eigenvalue weighted by atomic mass is 32.2. The Kier molecular flexibility index (Phi) is 5.68. The van der Waals surface area contributed by atoms with Crippen LogP contribution in [0.1, 0.15) is 11.1 Å². The zero-order chi connectivity index (χ0) is 17.6. The Bertz CT molecular complexity index is 815. The molecule has 0 radical (unpaired) electrons. The molecule has 0 aromatic heterocycles. The van der Waals surface area contributed by atoms with Gasteiger partial charge >= 0.3 is 0 Å². The van der Waals surface area contributed by atoms with Gasteiger partial charge in [-0.2, -0.15) is 0 Å². The van der Waals surface area contributed by atoms with Gasteiger partial charge in [0.25, 0.3) is 5.91 Å². The maximum absolute atomic E-state index is 12.8. The standard InChI is InChI=1S/C20H20N2O2S/c1-15-8-6-7-9-16(15)14-18-19(23)22(12-13-24-2)20(25-18)21-17-10-4-3-5-11-17/h3-11,14H,12-13H2,1-2H3. The van der Waals surface area contributed by atoms with Crippen LogP contribution in [0.3, 0.4) is 0 Å². The SMILES string of the molecule is COCCN1C(=O)C(=Cc2ccccc2C)SC1=Nc1ccccc1. The normalized spacial score (nSPS) is 17.7. The first-order valence-corrected chi connectivity index (χ1v) is 8.90. The van der Waals surface area contributed by atoms with Crippen LogP contribution in [0.5, 0.6) is 0 Å². The Hall–Kier alpha value is -2.37. The van der Waals surface area contributed by atoms with Crippen LogP contribution in [0.15, 0.2) is 64.5 Å². The maximum atomic E-state index is 12.8. The Labute approximate surface area is 152 Å². The van der Waals surface area contributed by atoms with E-state index < -0.39 is 0 Å². The number of ether oxygens (including phenoxy) is 1. The van der Waals surface area contributed by atoms with Crippen molar-refractivity contribution in [2.45, 2.75) is 6.92 Å². The summed E-state index contributed by atoms with van der Waals surface area (Å²) in [7, 11) is 1.63. The highest BCUT2D eigenvalue weighted by Crippen LogP contribution is 2.34. The number of aliphatic imine (C=N–C) groups is 1. The van der Waals surface area contributed by atoms with Crippen LogP contribution in [0.2, 0.25) is 0 Å². The van der Waals surface area contributed by atoms with Crippen molar-refractivity contribution in [1.29, 1.82) is 0 Å². The molecule has 1 saturated heterocycles. The number of aryl methyl sites for hydroxylation is 1. The van der Waals surface area contributed by atoms with Gasteiger partial charge in [0.1, 0.15) is 0 Å². The molecule has 5 heteroatoms. The van der Waals surface area contributed by atoms with Gasteiger partial charge in [0.2, 0.25) is 0 Å². The van der Waals surface area contributed by atoms with Crippen molar-refractivity contribution in [2.75, 3.05) is 20.3 Å². The van der Waals surface area contributed by atoms with Gasteiger partial charge in [-0.25, -0.2) is 4.99 Å². The number of methoxy groups -OCH3 is 1. The first-order chi connectivity index (χ1) is 12.2. The molecule has 3 rings (SSSR count). The molecule has 1 heterocycles. The van der Waals surface area contributed by atoms with E-state index in [2.05, 4.69) is 4.99 Å². The van der Waals surface area contributed by atoms with E-state index in [0.29, 0.717) is 23.2 Å². The van der Waals surface area contributed by atoms with Crippen LogP contribution in [-0.4, -0.2) is 36.2 Å². The molecule has 1 fully saturated rings. The molecule has 2 aromatic carbocycles. The van der Waals surface area contributed by atoms with Gasteiger partial charge in [0.05, 0.1) is 23.7 Å². The molecule has 128 valence electrons. The number of nitrogens with zero attached hydrogens (tertiary/aromatic N) is 2. The molecule has 0 saturated carbocycles. The molecular weight excluding hydrogens is 332 g/mol. The summed E-state index contributed by atoms with van der Waals surface area (Å²) in [6.07, 6.45) is 1.94. The van der Waals surface area contributed by atoms with Gasteiger partial charge in [-0.05, 0) is 48.0 Å². The van der Waals surface area contributed by atoms with Crippen molar-refractivity contribution < 1.29 is 9.53 Å². The Morgan fingerprint density at radius 1 is 1.12 bits per heavy atom. The predicted octanol–water partition coefficient (Wildman–Crippen LogP) is 4.25. The van der Waals surface area contributed by atoms with E-state index in [0.717, 1.165) is 16.8 Å². The van der Waals surface area contributed by atoms with Crippen LogP contribution in [-0.2, 0) is 9.53 Å². The fourth-order valence-corrected chi connectivity index (χ4v) is 3.49. The molecule has 0 N–H and O–H groups in total. The monoisotopic (exact) mass is 352 g/mol. The minimum absolute atomic E-state index is 0.0278. The maximum Gasteiger partial charge on any atom is 0.266 e. The number of carbonyl (C=O) groups is 1. The lowest BCUT2D eigenvalue weighted by atomic mass is 10.1. The van der Waals surface area contributed by atoms with Gasteiger partial charge in [0.15, 0.2) is 5.17 Å². The number of amidine groups is 1. The topological polar surface area (TPSA) is 41.9 Å². The highest BCUT2D eigenvalue weighted by Gasteiger charge is 2.33. The minimum atomic E-state index is -0.0278. The summed E-state index contributed by atoms with van der Waals surface area (Å²) in [5.41, 5.74) is 3.02. The van der Waals surface area contributed by atoms with Gasteiger partial charge < -0.3 is 4.74 Å². The summed E-state index contributed by atoms with van der Waals surface area (Å²) < 4.78 is 5.15. The van der Waals surface area contributed by atoms with E-state index in [9.17, 15) is 4.79 Å². The molecule has 1 aliphatic heterocycles. The molecule has 0 bridgehead atoms. The lowest BCUT2D eigenvalue weighted by Crippen LogP contribution is -2.32. The third kappa shape index (κ3) is 4.18. The summed E-state index contributed by atoms with van der Waals surface area (Å²) in [4.78, 5) is 19.8. The summed E-state index contributed by atoms with van der Waals surface area (Å²) >= 11 is 1.41. The lowest BCUT2D eigenvalue weighted by molar-refractivity contribution is -0.122. The van der Waals surface area contributed by atoms with Crippen LogP contribution in [0.4, 0.5) is 5.69 Å². The van der Waals surface area contributed by atoms with Crippen molar-refractivity contribution in [1.82, 2.24) is 4.90 Å². The summed E-state index contributed by atoms with van der Waals surface area (Å²) in [6, 6.07) is 17.7. The van der Waals surface area contributed by atoms with Crippen molar-refractivity contribution in [3.63, 3.8) is 0 Å². The average Bonchev–Trinajstić information content (AvgIpc) is 2.91. The average molecular weight is 352 g/mol. The molecule has 1 aliphatic rings. The van der Waals surface area contributed by atoms with E-state index in [1.54, 1.807) is 12.0 Å². The first kappa shape index (κ1) is 17.5. The molecule has 4 nitrogen and oxygen atoms in total. The molecule has 0 spiro atoms. The minimum Gasteiger partial charge on any atom is -0.383 e. The summed E-state index contributed by atoms with van der Waals surface area (Å²) in [6.45, 7) is 3.00. The Morgan fingerprint density at radius 2 is 1.84 bits per heavy atom. The molecule has 0 unspecified atom stereocenters. The third-order valence-corrected chi connectivity index (χ3v) is 4.87. The lowest BCUT2D eigenvalue weighted by Gasteiger charge is -2.14. The van der Waals surface area contributed by atoms with E-state index in [-0.39, 0.29) is 5.91 Å². The second-order valence-corrected chi connectivity index (χ2v) is 6.66. The fourth-order valence-electron chi connectivity index (χ4n) is 2.47. The molecule has 2 aromatic rings. The highest BCUT2D eigenvalue weighted by molar-refractivity contribution is 8.18. The Morgan fingerprint density at radius 3 is 2.56 bits per heavy atom. The third-order valence-electron chi connectivity index (χ3n) is 3.86. The molecule has 0 atom stereocenters. The largest absolute Gasteiger partial charge is 0.383 e. The number of thioether (sulfide) groups is 1.